The molecule has 1 rings (SSSR count). The Labute approximate surface area is 61.9 Å². The minimum absolute atomic E-state index is 0.538. The van der Waals surface area contributed by atoms with E-state index in [0.717, 1.165) is 11.0 Å². The van der Waals surface area contributed by atoms with Gasteiger partial charge >= 0.3 is 0 Å². The highest BCUT2D eigenvalue weighted by Gasteiger charge is 2.43. The van der Waals surface area contributed by atoms with E-state index in [2.05, 4.69) is 19.9 Å². The van der Waals surface area contributed by atoms with Gasteiger partial charge in [-0.1, -0.05) is 31.5 Å². The van der Waals surface area contributed by atoms with Gasteiger partial charge in [0.1, 0.15) is 0 Å². The van der Waals surface area contributed by atoms with Crippen molar-refractivity contribution in [1.82, 2.24) is 0 Å². The minimum Gasteiger partial charge on any atom is -0.0898 e. The lowest BCUT2D eigenvalue weighted by atomic mass is 10.1. The van der Waals surface area contributed by atoms with Gasteiger partial charge in [0, 0.05) is 5.03 Å². The Morgan fingerprint density at radius 2 is 2.11 bits per heavy atom. The van der Waals surface area contributed by atoms with Crippen LogP contribution in [0.3, 0.4) is 0 Å². The van der Waals surface area contributed by atoms with E-state index in [0.29, 0.717) is 5.41 Å². The first-order chi connectivity index (χ1) is 4.02. The standard InChI is InChI=1S/C8H13Cl/c1-6(9)4-7-5-8(7,2)3/h4,7H,5H2,1-3H3/b6-4-. The minimum atomic E-state index is 0.538. The van der Waals surface area contributed by atoms with Crippen LogP contribution >= 0.6 is 11.6 Å². The van der Waals surface area contributed by atoms with Gasteiger partial charge in [0.15, 0.2) is 0 Å². The first-order valence-electron chi connectivity index (χ1n) is 3.36. The lowest BCUT2D eigenvalue weighted by Gasteiger charge is -1.95. The largest absolute Gasteiger partial charge is 0.0898 e. The molecule has 0 amide bonds. The summed E-state index contributed by atoms with van der Waals surface area (Å²) >= 11 is 5.70. The number of hydrogen-bond acceptors (Lipinski definition) is 0. The van der Waals surface area contributed by atoms with Crippen molar-refractivity contribution in [2.24, 2.45) is 11.3 Å². The summed E-state index contributed by atoms with van der Waals surface area (Å²) in [4.78, 5) is 0. The van der Waals surface area contributed by atoms with Crippen molar-refractivity contribution in [3.63, 3.8) is 0 Å². The van der Waals surface area contributed by atoms with Gasteiger partial charge < -0.3 is 0 Å². The Bertz CT molecular complexity index is 141. The van der Waals surface area contributed by atoms with Gasteiger partial charge in [-0.3, -0.25) is 0 Å². The van der Waals surface area contributed by atoms with E-state index in [1.165, 1.54) is 6.42 Å². The molecule has 0 aromatic rings. The predicted molar refractivity (Wildman–Crippen MR) is 41.5 cm³/mol. The zero-order valence-electron chi connectivity index (χ0n) is 6.24. The highest BCUT2D eigenvalue weighted by atomic mass is 35.5. The Hall–Kier alpha value is 0.0300. The predicted octanol–water partition coefficient (Wildman–Crippen LogP) is 3.18. The molecule has 0 spiro atoms. The summed E-state index contributed by atoms with van der Waals surface area (Å²) in [6, 6.07) is 0. The van der Waals surface area contributed by atoms with Crippen molar-refractivity contribution < 1.29 is 0 Å². The second-order valence-electron chi connectivity index (χ2n) is 3.55. The summed E-state index contributed by atoms with van der Waals surface area (Å²) in [5.41, 5.74) is 0.538. The van der Waals surface area contributed by atoms with Crippen molar-refractivity contribution in [2.45, 2.75) is 27.2 Å². The maximum atomic E-state index is 5.70. The molecule has 0 saturated heterocycles. The molecular weight excluding hydrogens is 132 g/mol. The summed E-state index contributed by atoms with van der Waals surface area (Å²) in [6.45, 7) is 6.48. The SMILES string of the molecule is C/C(Cl)=C/C1CC1(C)C. The molecule has 1 heteroatoms. The van der Waals surface area contributed by atoms with Gasteiger partial charge in [0.05, 0.1) is 0 Å². The number of rotatable bonds is 1. The van der Waals surface area contributed by atoms with Crippen LogP contribution < -0.4 is 0 Å². The molecule has 0 nitrogen and oxygen atoms in total. The summed E-state index contributed by atoms with van der Waals surface area (Å²) in [6.07, 6.45) is 3.46. The van der Waals surface area contributed by atoms with Gasteiger partial charge in [-0.15, -0.1) is 0 Å². The summed E-state index contributed by atoms with van der Waals surface area (Å²) in [5.74, 6) is 0.745. The van der Waals surface area contributed by atoms with E-state index < -0.39 is 0 Å². The van der Waals surface area contributed by atoms with Gasteiger partial charge in [0.2, 0.25) is 0 Å². The number of allylic oxidation sites excluding steroid dienone is 2. The topological polar surface area (TPSA) is 0 Å². The van der Waals surface area contributed by atoms with Gasteiger partial charge in [-0.2, -0.15) is 0 Å². The van der Waals surface area contributed by atoms with E-state index in [4.69, 9.17) is 11.6 Å². The molecule has 0 aliphatic heterocycles. The normalized spacial score (nSPS) is 32.4. The van der Waals surface area contributed by atoms with E-state index in [1.54, 1.807) is 0 Å². The third-order valence-corrected chi connectivity index (χ3v) is 2.15. The Balaban J connectivity index is 2.45. The monoisotopic (exact) mass is 144 g/mol. The van der Waals surface area contributed by atoms with E-state index in [9.17, 15) is 0 Å². The fraction of sp³-hybridized carbons (Fsp3) is 0.750. The Morgan fingerprint density at radius 1 is 1.67 bits per heavy atom. The summed E-state index contributed by atoms with van der Waals surface area (Å²) in [5, 5.41) is 0.936. The van der Waals surface area contributed by atoms with Crippen molar-refractivity contribution in [2.75, 3.05) is 0 Å². The fourth-order valence-electron chi connectivity index (χ4n) is 1.07. The smallest absolute Gasteiger partial charge is 0.0113 e. The van der Waals surface area contributed by atoms with Crippen LogP contribution in [-0.2, 0) is 0 Å². The molecule has 1 aliphatic rings. The molecule has 9 heavy (non-hydrogen) atoms. The van der Waals surface area contributed by atoms with Crippen LogP contribution in [0.5, 0.6) is 0 Å². The molecule has 1 aliphatic carbocycles. The second kappa shape index (κ2) is 2.02. The average Bonchev–Trinajstić information content (AvgIpc) is 2.10. The van der Waals surface area contributed by atoms with E-state index in [1.807, 2.05) is 6.92 Å². The number of halogens is 1. The Kier molecular flexibility index (Phi) is 1.60. The highest BCUT2D eigenvalue weighted by Crippen LogP contribution is 2.52. The molecule has 1 fully saturated rings. The molecular formula is C8H13Cl. The van der Waals surface area contributed by atoms with E-state index in [-0.39, 0.29) is 0 Å². The maximum Gasteiger partial charge on any atom is 0.0113 e. The third-order valence-electron chi connectivity index (χ3n) is 2.02. The highest BCUT2D eigenvalue weighted by molar-refractivity contribution is 6.29. The lowest BCUT2D eigenvalue weighted by Crippen LogP contribution is -1.85. The average molecular weight is 145 g/mol. The molecule has 0 radical (unpaired) electrons. The van der Waals surface area contributed by atoms with Crippen molar-refractivity contribution in [1.29, 1.82) is 0 Å². The van der Waals surface area contributed by atoms with Crippen molar-refractivity contribution in [3.05, 3.63) is 11.1 Å². The molecule has 0 aromatic heterocycles. The lowest BCUT2D eigenvalue weighted by molar-refractivity contribution is 0.609. The molecule has 0 heterocycles. The van der Waals surface area contributed by atoms with Gasteiger partial charge in [-0.25, -0.2) is 0 Å². The van der Waals surface area contributed by atoms with Crippen LogP contribution in [0.2, 0.25) is 0 Å². The first-order valence-corrected chi connectivity index (χ1v) is 3.74. The van der Waals surface area contributed by atoms with Crippen molar-refractivity contribution >= 4 is 11.6 Å². The number of hydrogen-bond donors (Lipinski definition) is 0. The van der Waals surface area contributed by atoms with Crippen LogP contribution in [0.1, 0.15) is 27.2 Å². The van der Waals surface area contributed by atoms with E-state index >= 15 is 0 Å². The van der Waals surface area contributed by atoms with Crippen LogP contribution in [0, 0.1) is 11.3 Å². The molecule has 0 N–H and O–H groups in total. The molecule has 1 unspecified atom stereocenters. The molecule has 0 aromatic carbocycles. The zero-order valence-corrected chi connectivity index (χ0v) is 7.00. The maximum absolute atomic E-state index is 5.70. The summed E-state index contributed by atoms with van der Waals surface area (Å²) in [7, 11) is 0. The van der Waals surface area contributed by atoms with Crippen molar-refractivity contribution in [3.8, 4) is 0 Å². The fourth-order valence-corrected chi connectivity index (χ4v) is 1.22. The van der Waals surface area contributed by atoms with Crippen LogP contribution in [0.4, 0.5) is 0 Å². The molecule has 1 saturated carbocycles. The van der Waals surface area contributed by atoms with Crippen LogP contribution in [0.15, 0.2) is 11.1 Å². The molecule has 1 atom stereocenters. The Morgan fingerprint density at radius 3 is 2.22 bits per heavy atom. The second-order valence-corrected chi connectivity index (χ2v) is 4.15. The summed E-state index contributed by atoms with van der Waals surface area (Å²) < 4.78 is 0. The molecule has 0 bridgehead atoms. The van der Waals surface area contributed by atoms with Gasteiger partial charge in [0.25, 0.3) is 0 Å². The zero-order chi connectivity index (χ0) is 7.07. The third kappa shape index (κ3) is 1.72. The quantitative estimate of drug-likeness (QED) is 0.531. The van der Waals surface area contributed by atoms with Crippen LogP contribution in [0.25, 0.3) is 0 Å². The molecule has 52 valence electrons. The van der Waals surface area contributed by atoms with Crippen LogP contribution in [-0.4, -0.2) is 0 Å². The van der Waals surface area contributed by atoms with Gasteiger partial charge in [-0.05, 0) is 24.7 Å². The first kappa shape index (κ1) is 7.14.